The molecule has 0 saturated heterocycles. The van der Waals surface area contributed by atoms with Gasteiger partial charge in [-0.05, 0) is 78.0 Å². The minimum atomic E-state index is -2.16. The monoisotopic (exact) mass is 585 g/mol. The lowest BCUT2D eigenvalue weighted by atomic mass is 9.95. The topological polar surface area (TPSA) is 76.5 Å². The zero-order chi connectivity index (χ0) is 29.8. The van der Waals surface area contributed by atoms with Crippen molar-refractivity contribution in [1.82, 2.24) is 4.98 Å². The van der Waals surface area contributed by atoms with E-state index in [4.69, 9.17) is 21.0 Å². The van der Waals surface area contributed by atoms with Gasteiger partial charge in [0.25, 0.3) is 5.78 Å². The number of hydrogen-bond acceptors (Lipinski definition) is 4. The fraction of sp³-hybridized carbons (Fsp3) is 0.265. The summed E-state index contributed by atoms with van der Waals surface area (Å²) in [5.41, 5.74) is 4.67. The molecule has 1 N–H and O–H groups in total. The van der Waals surface area contributed by atoms with Gasteiger partial charge in [0.1, 0.15) is 0 Å². The minimum Gasteiger partial charge on any atom is -0.475 e. The summed E-state index contributed by atoms with van der Waals surface area (Å²) in [6, 6.07) is 24.9. The number of rotatable bonds is 10. The van der Waals surface area contributed by atoms with Gasteiger partial charge in [-0.1, -0.05) is 93.0 Å². The maximum Gasteiger partial charge on any atom is 0.377 e. The van der Waals surface area contributed by atoms with Crippen molar-refractivity contribution in [2.45, 2.75) is 57.8 Å². The molecule has 1 heterocycles. The van der Waals surface area contributed by atoms with Crippen LogP contribution in [0.15, 0.2) is 78.9 Å². The van der Waals surface area contributed by atoms with Crippen LogP contribution in [0.3, 0.4) is 0 Å². The quantitative estimate of drug-likeness (QED) is 0.114. The first kappa shape index (κ1) is 30.4. The predicted octanol–water partition coefficient (Wildman–Crippen LogP) is 9.02. The number of aliphatic carboxylic acids is 1. The fourth-order valence-corrected chi connectivity index (χ4v) is 5.92. The van der Waals surface area contributed by atoms with Crippen LogP contribution in [-0.2, 0) is 15.6 Å². The largest absolute Gasteiger partial charge is 0.475 e. The SMILES string of the molecule is CC(C)(C)[Si](C)(C)O[C@@H](CCc1ccccc1C(=O)C(=O)O)c1cccc(C=Cc2ccc3ccc(Cl)cc3n2)c1. The van der Waals surface area contributed by atoms with E-state index in [0.717, 1.165) is 27.7 Å². The zero-order valence-corrected chi connectivity index (χ0v) is 25.9. The highest BCUT2D eigenvalue weighted by atomic mass is 35.5. The van der Waals surface area contributed by atoms with Crippen molar-refractivity contribution >= 4 is 54.7 Å². The van der Waals surface area contributed by atoms with Crippen LogP contribution in [0.4, 0.5) is 0 Å². The summed E-state index contributed by atoms with van der Waals surface area (Å²) >= 11 is 6.16. The first-order chi connectivity index (χ1) is 19.3. The summed E-state index contributed by atoms with van der Waals surface area (Å²) in [6.45, 7) is 11.1. The number of carboxylic acid groups (broad SMARTS) is 1. The van der Waals surface area contributed by atoms with Gasteiger partial charge < -0.3 is 9.53 Å². The van der Waals surface area contributed by atoms with Gasteiger partial charge >= 0.3 is 5.97 Å². The number of ketones is 1. The van der Waals surface area contributed by atoms with E-state index in [-0.39, 0.29) is 16.7 Å². The molecule has 41 heavy (non-hydrogen) atoms. The maximum atomic E-state index is 12.3. The number of carboxylic acids is 1. The van der Waals surface area contributed by atoms with Crippen molar-refractivity contribution in [3.63, 3.8) is 0 Å². The van der Waals surface area contributed by atoms with Gasteiger partial charge in [0.05, 0.1) is 17.3 Å². The highest BCUT2D eigenvalue weighted by Crippen LogP contribution is 2.41. The molecular weight excluding hydrogens is 550 g/mol. The maximum absolute atomic E-state index is 12.3. The second kappa shape index (κ2) is 12.5. The van der Waals surface area contributed by atoms with Gasteiger partial charge in [0.15, 0.2) is 8.32 Å². The van der Waals surface area contributed by atoms with Gasteiger partial charge in [0.2, 0.25) is 0 Å². The number of hydrogen-bond donors (Lipinski definition) is 1. The van der Waals surface area contributed by atoms with Gasteiger partial charge in [-0.2, -0.15) is 0 Å². The van der Waals surface area contributed by atoms with E-state index < -0.39 is 20.1 Å². The number of carbonyl (C=O) groups excluding carboxylic acids is 1. The van der Waals surface area contributed by atoms with Gasteiger partial charge in [-0.25, -0.2) is 9.78 Å². The van der Waals surface area contributed by atoms with Crippen LogP contribution in [0.1, 0.15) is 66.0 Å². The van der Waals surface area contributed by atoms with Crippen molar-refractivity contribution in [3.8, 4) is 0 Å². The molecule has 5 nitrogen and oxygen atoms in total. The molecular formula is C34H36ClNO4Si. The van der Waals surface area contributed by atoms with Crippen LogP contribution in [0.5, 0.6) is 0 Å². The van der Waals surface area contributed by atoms with Crippen LogP contribution in [-0.4, -0.2) is 30.2 Å². The standard InChI is InChI=1S/C34H36ClNO4Si/c1-34(2,3)41(4,5)40-31(20-16-24-10-6-7-12-29(24)32(37)33(38)39)26-11-8-9-23(21-26)13-18-28-19-15-25-14-17-27(35)22-30(25)36-28/h6-15,17-19,21-22,31H,16,20H2,1-5H3,(H,38,39)/t31-/m0/s1. The van der Waals surface area contributed by atoms with Crippen LogP contribution in [0.25, 0.3) is 23.1 Å². The predicted molar refractivity (Wildman–Crippen MR) is 170 cm³/mol. The van der Waals surface area contributed by atoms with Crippen LogP contribution in [0.2, 0.25) is 23.2 Å². The van der Waals surface area contributed by atoms with Crippen molar-refractivity contribution in [2.24, 2.45) is 0 Å². The molecule has 0 radical (unpaired) electrons. The number of aryl methyl sites for hydroxylation is 1. The molecule has 0 saturated carbocycles. The average molecular weight is 586 g/mol. The van der Waals surface area contributed by atoms with Gasteiger partial charge in [-0.15, -0.1) is 0 Å². The highest BCUT2D eigenvalue weighted by molar-refractivity contribution is 6.74. The van der Waals surface area contributed by atoms with Gasteiger partial charge in [-0.3, -0.25) is 4.79 Å². The molecule has 0 bridgehead atoms. The van der Waals surface area contributed by atoms with Crippen molar-refractivity contribution in [1.29, 1.82) is 0 Å². The van der Waals surface area contributed by atoms with E-state index in [9.17, 15) is 14.7 Å². The summed E-state index contributed by atoms with van der Waals surface area (Å²) in [6.07, 6.45) is 4.91. The Labute approximate surface area is 248 Å². The number of fused-ring (bicyclic) bond motifs is 1. The first-order valence-corrected chi connectivity index (χ1v) is 17.0. The third-order valence-corrected chi connectivity index (χ3v) is 12.5. The molecule has 1 atom stereocenters. The normalized spacial score (nSPS) is 13.0. The van der Waals surface area contributed by atoms with Crippen molar-refractivity contribution in [3.05, 3.63) is 112 Å². The van der Waals surface area contributed by atoms with Crippen molar-refractivity contribution < 1.29 is 19.1 Å². The van der Waals surface area contributed by atoms with E-state index in [1.54, 1.807) is 12.1 Å². The molecule has 1 aromatic heterocycles. The molecule has 4 aromatic rings. The molecule has 7 heteroatoms. The smallest absolute Gasteiger partial charge is 0.377 e. The van der Waals surface area contributed by atoms with Crippen molar-refractivity contribution in [2.75, 3.05) is 0 Å². The Morgan fingerprint density at radius 2 is 1.71 bits per heavy atom. The van der Waals surface area contributed by atoms with Gasteiger partial charge in [0, 0.05) is 16.0 Å². The first-order valence-electron chi connectivity index (χ1n) is 13.7. The molecule has 0 fully saturated rings. The van der Waals surface area contributed by atoms with E-state index in [1.165, 1.54) is 0 Å². The molecule has 0 spiro atoms. The van der Waals surface area contributed by atoms with Crippen LogP contribution < -0.4 is 0 Å². The third-order valence-electron chi connectivity index (χ3n) is 7.78. The van der Waals surface area contributed by atoms with Crippen LogP contribution >= 0.6 is 11.6 Å². The number of aromatic nitrogens is 1. The van der Waals surface area contributed by atoms with E-state index in [0.29, 0.717) is 23.4 Å². The lowest BCUT2D eigenvalue weighted by Gasteiger charge is -2.39. The number of nitrogens with zero attached hydrogens (tertiary/aromatic N) is 1. The molecule has 0 aliphatic carbocycles. The Balaban J connectivity index is 1.62. The Kier molecular flexibility index (Phi) is 9.27. The molecule has 0 amide bonds. The lowest BCUT2D eigenvalue weighted by Crippen LogP contribution is -2.42. The highest BCUT2D eigenvalue weighted by Gasteiger charge is 2.39. The Morgan fingerprint density at radius 1 is 0.976 bits per heavy atom. The number of carbonyl (C=O) groups is 2. The number of halogens is 1. The number of pyridine rings is 1. The molecule has 212 valence electrons. The summed E-state index contributed by atoms with van der Waals surface area (Å²) in [5.74, 6) is -2.34. The number of benzene rings is 3. The number of Topliss-reactive ketones (excluding diaryl/α,β-unsaturated/α-hetero) is 1. The van der Waals surface area contributed by atoms with Crippen LogP contribution in [0, 0.1) is 0 Å². The summed E-state index contributed by atoms with van der Waals surface area (Å²) in [4.78, 5) is 28.4. The molecule has 4 rings (SSSR count). The summed E-state index contributed by atoms with van der Waals surface area (Å²) in [7, 11) is -2.16. The fourth-order valence-electron chi connectivity index (χ4n) is 4.43. The van der Waals surface area contributed by atoms with E-state index >= 15 is 0 Å². The Bertz CT molecular complexity index is 1610. The molecule has 0 unspecified atom stereocenters. The van der Waals surface area contributed by atoms with E-state index in [1.807, 2.05) is 66.7 Å². The Hall–Kier alpha value is -3.58. The average Bonchev–Trinajstić information content (AvgIpc) is 2.93. The minimum absolute atomic E-state index is 0.00456. The summed E-state index contributed by atoms with van der Waals surface area (Å²) in [5, 5.41) is 11.0. The molecule has 0 aliphatic heterocycles. The lowest BCUT2D eigenvalue weighted by molar-refractivity contribution is -0.131. The molecule has 0 aliphatic rings. The Morgan fingerprint density at radius 3 is 2.44 bits per heavy atom. The summed E-state index contributed by atoms with van der Waals surface area (Å²) < 4.78 is 6.92. The zero-order valence-electron chi connectivity index (χ0n) is 24.1. The second-order valence-corrected chi connectivity index (χ2v) is 17.0. The third kappa shape index (κ3) is 7.58. The second-order valence-electron chi connectivity index (χ2n) is 11.8. The molecule has 3 aromatic carbocycles. The van der Waals surface area contributed by atoms with E-state index in [2.05, 4.69) is 46.0 Å².